The van der Waals surface area contributed by atoms with Gasteiger partial charge in [-0.2, -0.15) is 0 Å². The van der Waals surface area contributed by atoms with Gasteiger partial charge in [-0.3, -0.25) is 4.79 Å². The second-order valence-corrected chi connectivity index (χ2v) is 9.02. The number of benzene rings is 2. The predicted octanol–water partition coefficient (Wildman–Crippen LogP) is 6.66. The average Bonchev–Trinajstić information content (AvgIpc) is 3.16. The van der Waals surface area contributed by atoms with Crippen molar-refractivity contribution in [2.75, 3.05) is 5.32 Å². The van der Waals surface area contributed by atoms with Crippen LogP contribution in [-0.4, -0.2) is 10.9 Å². The minimum Gasteiger partial charge on any atom is -0.313 e. The van der Waals surface area contributed by atoms with Crippen LogP contribution in [0.3, 0.4) is 0 Å². The van der Waals surface area contributed by atoms with E-state index in [-0.39, 0.29) is 5.91 Å². The fourth-order valence-electron chi connectivity index (χ4n) is 2.77. The molecule has 0 saturated carbocycles. The smallest absolute Gasteiger partial charge is 0.257 e. The fourth-order valence-corrected chi connectivity index (χ4v) is 5.43. The summed E-state index contributed by atoms with van der Waals surface area (Å²) in [6, 6.07) is 15.5. The molecule has 0 unspecified atom stereocenters. The first-order valence-corrected chi connectivity index (χ1v) is 10.5. The van der Waals surface area contributed by atoms with Gasteiger partial charge in [0.05, 0.1) is 15.8 Å². The topological polar surface area (TPSA) is 42.0 Å². The summed E-state index contributed by atoms with van der Waals surface area (Å²) in [6.07, 6.45) is 0. The van der Waals surface area contributed by atoms with Gasteiger partial charge in [-0.15, -0.1) is 22.7 Å². The Morgan fingerprint density at radius 3 is 2.54 bits per heavy atom. The Labute approximate surface area is 167 Å². The van der Waals surface area contributed by atoms with Gasteiger partial charge in [0.2, 0.25) is 0 Å². The van der Waals surface area contributed by atoms with E-state index in [4.69, 9.17) is 4.98 Å². The highest BCUT2D eigenvalue weighted by Gasteiger charge is 2.20. The van der Waals surface area contributed by atoms with E-state index in [9.17, 15) is 4.79 Å². The predicted molar refractivity (Wildman–Crippen MR) is 115 cm³/mol. The van der Waals surface area contributed by atoms with Gasteiger partial charge in [0, 0.05) is 14.9 Å². The summed E-state index contributed by atoms with van der Waals surface area (Å²) < 4.78 is 1.93. The van der Waals surface area contributed by atoms with Crippen LogP contribution in [-0.2, 0) is 0 Å². The Morgan fingerprint density at radius 2 is 1.77 bits per heavy atom. The minimum absolute atomic E-state index is 0.124. The van der Waals surface area contributed by atoms with E-state index in [1.165, 1.54) is 4.88 Å². The summed E-state index contributed by atoms with van der Waals surface area (Å²) in [5.41, 5.74) is 3.79. The number of rotatable bonds is 3. The maximum absolute atomic E-state index is 12.8. The molecule has 2 aromatic heterocycles. The number of para-hydroxylation sites is 1. The highest BCUT2D eigenvalue weighted by Crippen LogP contribution is 2.43. The molecule has 4 aromatic rings. The summed E-state index contributed by atoms with van der Waals surface area (Å²) >= 11 is 6.70. The average molecular weight is 443 g/mol. The van der Waals surface area contributed by atoms with E-state index in [0.29, 0.717) is 5.56 Å². The molecule has 0 aliphatic heterocycles. The van der Waals surface area contributed by atoms with E-state index in [1.54, 1.807) is 22.7 Å². The molecule has 0 spiro atoms. The van der Waals surface area contributed by atoms with Gasteiger partial charge >= 0.3 is 0 Å². The molecule has 130 valence electrons. The van der Waals surface area contributed by atoms with E-state index in [1.807, 2.05) is 42.5 Å². The number of hydrogen-bond donors (Lipinski definition) is 1. The highest BCUT2D eigenvalue weighted by molar-refractivity contribution is 9.10. The Morgan fingerprint density at radius 1 is 1.04 bits per heavy atom. The number of aromatic nitrogens is 1. The van der Waals surface area contributed by atoms with Crippen LogP contribution < -0.4 is 5.32 Å². The second kappa shape index (κ2) is 6.95. The number of thiophene rings is 1. The number of carbonyl (C=O) groups excluding carboxylic acids is 1. The molecule has 0 saturated heterocycles. The third kappa shape index (κ3) is 3.09. The van der Waals surface area contributed by atoms with E-state index in [2.05, 4.69) is 41.2 Å². The van der Waals surface area contributed by atoms with E-state index < -0.39 is 0 Å². The molecule has 3 nitrogen and oxygen atoms in total. The quantitative estimate of drug-likeness (QED) is 0.385. The van der Waals surface area contributed by atoms with Crippen LogP contribution in [0.2, 0.25) is 0 Å². The molecule has 1 amide bonds. The van der Waals surface area contributed by atoms with Gasteiger partial charge in [-0.1, -0.05) is 24.3 Å². The van der Waals surface area contributed by atoms with Crippen molar-refractivity contribution in [3.05, 3.63) is 69.0 Å². The van der Waals surface area contributed by atoms with Crippen molar-refractivity contribution in [1.82, 2.24) is 4.98 Å². The van der Waals surface area contributed by atoms with Crippen LogP contribution >= 0.6 is 38.6 Å². The fraction of sp³-hybridized carbons (Fsp3) is 0.100. The van der Waals surface area contributed by atoms with Crippen molar-refractivity contribution >= 4 is 59.7 Å². The SMILES string of the molecule is Cc1sc(NC(=O)c2ccccc2Br)c(-c2nc3ccccc3s2)c1C. The largest absolute Gasteiger partial charge is 0.313 e. The van der Waals surface area contributed by atoms with Gasteiger partial charge < -0.3 is 5.32 Å². The molecule has 0 aliphatic rings. The van der Waals surface area contributed by atoms with Gasteiger partial charge in [0.15, 0.2) is 0 Å². The summed E-state index contributed by atoms with van der Waals surface area (Å²) in [6.45, 7) is 4.16. The van der Waals surface area contributed by atoms with Crippen LogP contribution in [0.25, 0.3) is 20.8 Å². The Kier molecular flexibility index (Phi) is 4.65. The lowest BCUT2D eigenvalue weighted by Gasteiger charge is -2.07. The number of anilines is 1. The van der Waals surface area contributed by atoms with Gasteiger partial charge in [0.1, 0.15) is 10.0 Å². The molecule has 6 heteroatoms. The molecule has 0 bridgehead atoms. The van der Waals surface area contributed by atoms with Crippen LogP contribution in [0.15, 0.2) is 53.0 Å². The lowest BCUT2D eigenvalue weighted by atomic mass is 10.1. The summed E-state index contributed by atoms with van der Waals surface area (Å²) in [4.78, 5) is 18.7. The standard InChI is InChI=1S/C20H15BrN2OS2/c1-11-12(2)25-20(23-18(24)13-7-3-4-8-14(13)21)17(11)19-22-15-9-5-6-10-16(15)26-19/h3-10H,1-2H3,(H,23,24). The molecule has 4 rings (SSSR count). The maximum Gasteiger partial charge on any atom is 0.257 e. The van der Waals surface area contributed by atoms with E-state index >= 15 is 0 Å². The van der Waals surface area contributed by atoms with Gasteiger partial charge in [-0.05, 0) is 59.6 Å². The van der Waals surface area contributed by atoms with Crippen molar-refractivity contribution in [3.8, 4) is 10.6 Å². The first-order chi connectivity index (χ1) is 12.5. The number of aryl methyl sites for hydroxylation is 1. The van der Waals surface area contributed by atoms with Gasteiger partial charge in [0.25, 0.3) is 5.91 Å². The molecule has 0 fully saturated rings. The Balaban J connectivity index is 1.77. The number of hydrogen-bond acceptors (Lipinski definition) is 4. The molecule has 0 aliphatic carbocycles. The molecule has 0 radical (unpaired) electrons. The Bertz CT molecular complexity index is 1100. The van der Waals surface area contributed by atoms with Crippen molar-refractivity contribution in [2.24, 2.45) is 0 Å². The number of amides is 1. The minimum atomic E-state index is -0.124. The lowest BCUT2D eigenvalue weighted by molar-refractivity contribution is 0.102. The number of carbonyl (C=O) groups is 1. The number of nitrogens with one attached hydrogen (secondary N) is 1. The van der Waals surface area contributed by atoms with Crippen LogP contribution in [0, 0.1) is 13.8 Å². The zero-order valence-electron chi connectivity index (χ0n) is 14.2. The monoisotopic (exact) mass is 442 g/mol. The van der Waals surface area contributed by atoms with Crippen LogP contribution in [0.1, 0.15) is 20.8 Å². The number of nitrogens with zero attached hydrogens (tertiary/aromatic N) is 1. The molecule has 1 N–H and O–H groups in total. The van der Waals surface area contributed by atoms with Crippen molar-refractivity contribution in [2.45, 2.75) is 13.8 Å². The third-order valence-electron chi connectivity index (χ3n) is 4.24. The van der Waals surface area contributed by atoms with Crippen molar-refractivity contribution < 1.29 is 4.79 Å². The van der Waals surface area contributed by atoms with Crippen molar-refractivity contribution in [3.63, 3.8) is 0 Å². The maximum atomic E-state index is 12.8. The Hall–Kier alpha value is -2.02. The zero-order chi connectivity index (χ0) is 18.3. The third-order valence-corrected chi connectivity index (χ3v) is 7.11. The molecule has 0 atom stereocenters. The zero-order valence-corrected chi connectivity index (χ0v) is 17.4. The second-order valence-electron chi connectivity index (χ2n) is 5.91. The first kappa shape index (κ1) is 17.4. The molecular weight excluding hydrogens is 428 g/mol. The van der Waals surface area contributed by atoms with Crippen molar-refractivity contribution in [1.29, 1.82) is 0 Å². The molecule has 26 heavy (non-hydrogen) atoms. The summed E-state index contributed by atoms with van der Waals surface area (Å²) in [5, 5.41) is 4.88. The first-order valence-electron chi connectivity index (χ1n) is 8.06. The van der Waals surface area contributed by atoms with E-state index in [0.717, 1.165) is 35.8 Å². The van der Waals surface area contributed by atoms with Crippen LogP contribution in [0.5, 0.6) is 0 Å². The number of halogens is 1. The number of thiazole rings is 1. The molecule has 2 aromatic carbocycles. The van der Waals surface area contributed by atoms with Gasteiger partial charge in [-0.25, -0.2) is 4.98 Å². The molecule has 2 heterocycles. The summed E-state index contributed by atoms with van der Waals surface area (Å²) in [7, 11) is 0. The normalized spacial score (nSPS) is 11.0. The summed E-state index contributed by atoms with van der Waals surface area (Å²) in [5.74, 6) is -0.124. The van der Waals surface area contributed by atoms with Crippen LogP contribution in [0.4, 0.5) is 5.00 Å². The molecular formula is C20H15BrN2OS2. The highest BCUT2D eigenvalue weighted by atomic mass is 79.9. The lowest BCUT2D eigenvalue weighted by Crippen LogP contribution is -2.12. The number of fused-ring (bicyclic) bond motifs is 1.